The van der Waals surface area contributed by atoms with Crippen molar-refractivity contribution in [3.05, 3.63) is 70.4 Å². The molecule has 1 aromatic heterocycles. The van der Waals surface area contributed by atoms with Crippen LogP contribution in [0.15, 0.2) is 59.3 Å². The Morgan fingerprint density at radius 2 is 1.81 bits per heavy atom. The Morgan fingerprint density at radius 1 is 1.04 bits per heavy atom. The molecule has 0 radical (unpaired) electrons. The van der Waals surface area contributed by atoms with E-state index in [0.717, 1.165) is 16.3 Å². The average Bonchev–Trinajstić information content (AvgIpc) is 3.18. The number of fused-ring (bicyclic) bond motifs is 1. The average molecular weight is 381 g/mol. The Bertz CT molecular complexity index is 927. The van der Waals surface area contributed by atoms with Crippen LogP contribution in [0, 0.1) is 0 Å². The lowest BCUT2D eigenvalue weighted by molar-refractivity contribution is -0.121. The first-order valence-corrected chi connectivity index (χ1v) is 9.66. The summed E-state index contributed by atoms with van der Waals surface area (Å²) < 4.78 is 0. The summed E-state index contributed by atoms with van der Waals surface area (Å²) in [4.78, 5) is 24.5. The number of hydrogen-bond acceptors (Lipinski definition) is 5. The highest BCUT2D eigenvalue weighted by atomic mass is 32.1. The van der Waals surface area contributed by atoms with Gasteiger partial charge in [-0.2, -0.15) is 11.3 Å². The maximum absolute atomic E-state index is 12.4. The molecule has 5 nitrogen and oxygen atoms in total. The van der Waals surface area contributed by atoms with Gasteiger partial charge in [0.05, 0.1) is 5.94 Å². The molecule has 0 fully saturated rings. The molecule has 0 spiro atoms. The van der Waals surface area contributed by atoms with Crippen LogP contribution in [0.2, 0.25) is 0 Å². The molecule has 27 heavy (non-hydrogen) atoms. The number of carbonyl (C=O) groups is 2. The molecule has 0 aliphatic carbocycles. The summed E-state index contributed by atoms with van der Waals surface area (Å²) in [5, 5.41) is 27.4. The summed E-state index contributed by atoms with van der Waals surface area (Å²) in [6.45, 7) is 0. The minimum atomic E-state index is -1.66. The van der Waals surface area contributed by atoms with E-state index in [2.05, 4.69) is 5.32 Å². The second-order valence-corrected chi connectivity index (χ2v) is 7.19. The smallest absolute Gasteiger partial charge is 0.426 e. The molecular formula is C20H20BNO4S. The highest BCUT2D eigenvalue weighted by Gasteiger charge is 2.25. The molecular weight excluding hydrogens is 361 g/mol. The molecule has 1 atom stereocenters. The number of rotatable bonds is 8. The van der Waals surface area contributed by atoms with Gasteiger partial charge in [-0.25, -0.2) is 0 Å². The van der Waals surface area contributed by atoms with Crippen molar-refractivity contribution in [3.8, 4) is 0 Å². The Labute approximate surface area is 161 Å². The number of amides is 1. The van der Waals surface area contributed by atoms with Gasteiger partial charge in [-0.3, -0.25) is 9.59 Å². The summed E-state index contributed by atoms with van der Waals surface area (Å²) in [6.07, 6.45) is 0.390. The van der Waals surface area contributed by atoms with Crippen LogP contribution in [0.25, 0.3) is 10.8 Å². The van der Waals surface area contributed by atoms with Crippen LogP contribution in [-0.2, 0) is 11.2 Å². The summed E-state index contributed by atoms with van der Waals surface area (Å²) in [5.74, 6) is -1.30. The number of ketones is 1. The zero-order valence-corrected chi connectivity index (χ0v) is 15.5. The molecule has 0 unspecified atom stereocenters. The minimum absolute atomic E-state index is 0.00147. The number of benzene rings is 2. The normalized spacial score (nSPS) is 11.9. The summed E-state index contributed by atoms with van der Waals surface area (Å²) in [6, 6.07) is 15.1. The lowest BCUT2D eigenvalue weighted by Crippen LogP contribution is -2.47. The van der Waals surface area contributed by atoms with Crippen LogP contribution in [0.4, 0.5) is 0 Å². The molecule has 0 aliphatic heterocycles. The Balaban J connectivity index is 1.56. The molecule has 7 heteroatoms. The van der Waals surface area contributed by atoms with E-state index in [1.54, 1.807) is 6.07 Å². The number of carbonyl (C=O) groups excluding carboxylic acids is 2. The van der Waals surface area contributed by atoms with Crippen LogP contribution in [0.3, 0.4) is 0 Å². The third-order valence-electron chi connectivity index (χ3n) is 4.39. The fourth-order valence-corrected chi connectivity index (χ4v) is 3.59. The molecule has 2 aromatic carbocycles. The quantitative estimate of drug-likeness (QED) is 0.414. The minimum Gasteiger partial charge on any atom is -0.426 e. The van der Waals surface area contributed by atoms with Crippen molar-refractivity contribution in [2.24, 2.45) is 0 Å². The standard InChI is InChI=1S/C20H20BNO4S/c23-18(17-6-5-15-3-1-2-4-16(15)12-17)7-8-20(24)22-19(21(25)26)11-14-9-10-27-13-14/h1-6,9-10,12-13,19,25-26H,7-8,11H2,(H,22,24)/t19-/m0/s1. The van der Waals surface area contributed by atoms with E-state index >= 15 is 0 Å². The van der Waals surface area contributed by atoms with Crippen LogP contribution in [0.5, 0.6) is 0 Å². The van der Waals surface area contributed by atoms with E-state index in [1.165, 1.54) is 11.3 Å². The van der Waals surface area contributed by atoms with Gasteiger partial charge < -0.3 is 15.4 Å². The molecule has 3 N–H and O–H groups in total. The lowest BCUT2D eigenvalue weighted by Gasteiger charge is -2.17. The molecule has 0 saturated heterocycles. The van der Waals surface area contributed by atoms with E-state index in [1.807, 2.05) is 53.2 Å². The van der Waals surface area contributed by atoms with E-state index in [-0.39, 0.29) is 24.5 Å². The van der Waals surface area contributed by atoms with Crippen molar-refractivity contribution in [3.63, 3.8) is 0 Å². The SMILES string of the molecule is O=C(CCC(=O)c1ccc2ccccc2c1)N[C@@H](Cc1ccsc1)B(O)O. The maximum atomic E-state index is 12.4. The van der Waals surface area contributed by atoms with Crippen LogP contribution < -0.4 is 5.32 Å². The first kappa shape index (κ1) is 19.3. The Morgan fingerprint density at radius 3 is 2.52 bits per heavy atom. The third kappa shape index (κ3) is 5.26. The van der Waals surface area contributed by atoms with Gasteiger partial charge in [-0.1, -0.05) is 36.4 Å². The molecule has 0 aliphatic rings. The third-order valence-corrected chi connectivity index (χ3v) is 5.12. The maximum Gasteiger partial charge on any atom is 0.475 e. The van der Waals surface area contributed by atoms with Gasteiger partial charge >= 0.3 is 7.12 Å². The highest BCUT2D eigenvalue weighted by Crippen LogP contribution is 2.17. The van der Waals surface area contributed by atoms with E-state index in [9.17, 15) is 19.6 Å². The van der Waals surface area contributed by atoms with Gasteiger partial charge in [0.1, 0.15) is 0 Å². The molecule has 0 saturated carbocycles. The molecule has 1 amide bonds. The number of Topliss-reactive ketones (excluding diaryl/α,β-unsaturated/α-hetero) is 1. The van der Waals surface area contributed by atoms with E-state index < -0.39 is 13.1 Å². The van der Waals surface area contributed by atoms with Gasteiger partial charge in [0, 0.05) is 18.4 Å². The van der Waals surface area contributed by atoms with Crippen LogP contribution in [0.1, 0.15) is 28.8 Å². The molecule has 1 heterocycles. The predicted molar refractivity (Wildman–Crippen MR) is 108 cm³/mol. The number of nitrogens with one attached hydrogen (secondary N) is 1. The second kappa shape index (κ2) is 8.95. The monoisotopic (exact) mass is 381 g/mol. The summed E-state index contributed by atoms with van der Waals surface area (Å²) in [7, 11) is -1.66. The van der Waals surface area contributed by atoms with Gasteiger partial charge in [0.25, 0.3) is 0 Å². The van der Waals surface area contributed by atoms with Gasteiger partial charge in [0.2, 0.25) is 5.91 Å². The summed E-state index contributed by atoms with van der Waals surface area (Å²) >= 11 is 1.50. The van der Waals surface area contributed by atoms with Gasteiger partial charge in [-0.05, 0) is 45.6 Å². The summed E-state index contributed by atoms with van der Waals surface area (Å²) in [5.41, 5.74) is 1.49. The van der Waals surface area contributed by atoms with Crippen molar-refractivity contribution >= 4 is 40.9 Å². The van der Waals surface area contributed by atoms with E-state index in [0.29, 0.717) is 12.0 Å². The number of hydrogen-bond donors (Lipinski definition) is 3. The zero-order valence-electron chi connectivity index (χ0n) is 14.7. The highest BCUT2D eigenvalue weighted by molar-refractivity contribution is 7.07. The predicted octanol–water partition coefficient (Wildman–Crippen LogP) is 2.60. The Hall–Kier alpha value is -2.48. The van der Waals surface area contributed by atoms with Crippen LogP contribution >= 0.6 is 11.3 Å². The van der Waals surface area contributed by atoms with Gasteiger partial charge in [0.15, 0.2) is 5.78 Å². The Kier molecular flexibility index (Phi) is 6.39. The van der Waals surface area contributed by atoms with Crippen LogP contribution in [-0.4, -0.2) is 34.8 Å². The van der Waals surface area contributed by atoms with Crippen molar-refractivity contribution in [1.29, 1.82) is 0 Å². The topological polar surface area (TPSA) is 86.6 Å². The van der Waals surface area contributed by atoms with Crippen molar-refractivity contribution in [2.45, 2.75) is 25.2 Å². The van der Waals surface area contributed by atoms with Crippen molar-refractivity contribution in [2.75, 3.05) is 0 Å². The van der Waals surface area contributed by atoms with Crippen molar-refractivity contribution in [1.82, 2.24) is 5.32 Å². The number of thiophene rings is 1. The fourth-order valence-electron chi connectivity index (χ4n) is 2.91. The first-order chi connectivity index (χ1) is 13.0. The fraction of sp³-hybridized carbons (Fsp3) is 0.200. The first-order valence-electron chi connectivity index (χ1n) is 8.71. The largest absolute Gasteiger partial charge is 0.475 e. The molecule has 3 rings (SSSR count). The second-order valence-electron chi connectivity index (χ2n) is 6.41. The molecule has 0 bridgehead atoms. The van der Waals surface area contributed by atoms with Crippen molar-refractivity contribution < 1.29 is 19.6 Å². The lowest BCUT2D eigenvalue weighted by atomic mass is 9.76. The molecule has 3 aromatic rings. The van der Waals surface area contributed by atoms with E-state index in [4.69, 9.17) is 0 Å². The molecule has 138 valence electrons. The zero-order chi connectivity index (χ0) is 19.2. The van der Waals surface area contributed by atoms with Gasteiger partial charge in [-0.15, -0.1) is 0 Å².